The predicted molar refractivity (Wildman–Crippen MR) is 97.5 cm³/mol. The molecule has 0 heterocycles. The van der Waals surface area contributed by atoms with E-state index in [0.717, 1.165) is 19.3 Å². The molecule has 0 atom stereocenters. The van der Waals surface area contributed by atoms with Crippen LogP contribution in [0.5, 0.6) is 0 Å². The fourth-order valence-electron chi connectivity index (χ4n) is 2.83. The van der Waals surface area contributed by atoms with Crippen LogP contribution in [0.25, 0.3) is 0 Å². The quantitative estimate of drug-likeness (QED) is 0.141. The number of phosphoric ester groups is 1. The van der Waals surface area contributed by atoms with Crippen LogP contribution >= 0.6 is 7.82 Å². The van der Waals surface area contributed by atoms with Gasteiger partial charge in [0.2, 0.25) is 0 Å². The molecule has 0 aliphatic rings. The Hall–Kier alpha value is 1.03. The summed E-state index contributed by atoms with van der Waals surface area (Å²) in [6.45, 7) is 2.43. The normalized spacial score (nSPS) is 11.5. The molecule has 2 N–H and O–H groups in total. The van der Waals surface area contributed by atoms with E-state index in [1.807, 2.05) is 0 Å². The molecule has 0 bridgehead atoms. The van der Waals surface area contributed by atoms with E-state index in [0.29, 0.717) is 0 Å². The third-order valence-electron chi connectivity index (χ3n) is 4.26. The number of rotatable bonds is 18. The molecule has 0 amide bonds. The number of unbranched alkanes of at least 4 members (excludes halogenated alkanes) is 15. The van der Waals surface area contributed by atoms with E-state index >= 15 is 0 Å². The van der Waals surface area contributed by atoms with Gasteiger partial charge in [0.1, 0.15) is 0 Å². The molecule has 0 fully saturated rings. The molecule has 0 saturated carbocycles. The average Bonchev–Trinajstić information content (AvgIpc) is 2.49. The van der Waals surface area contributed by atoms with E-state index in [4.69, 9.17) is 9.79 Å². The third-order valence-corrected chi connectivity index (χ3v) is 4.78. The standard InChI is InChI=1S/C18H39O4P.Cd/c1-2-3-4-5-6-7-8-9-10-11-12-13-14-15-16-17-18-22-23(19,20)21;/h2-18H2,1H3,(H2,19,20,21);. The molecule has 0 aromatic rings. The van der Waals surface area contributed by atoms with Gasteiger partial charge in [-0.15, -0.1) is 0 Å². The van der Waals surface area contributed by atoms with E-state index in [1.54, 1.807) is 0 Å². The van der Waals surface area contributed by atoms with E-state index in [1.165, 1.54) is 83.5 Å². The van der Waals surface area contributed by atoms with E-state index in [2.05, 4.69) is 11.4 Å². The zero-order valence-corrected chi connectivity index (χ0v) is 20.8. The Bertz CT molecular complexity index is 284. The maximum Gasteiger partial charge on any atom is 0.469 e. The Morgan fingerprint density at radius 3 is 1.21 bits per heavy atom. The monoisotopic (exact) mass is 464 g/mol. The van der Waals surface area contributed by atoms with Crippen molar-refractivity contribution in [3.63, 3.8) is 0 Å². The van der Waals surface area contributed by atoms with Crippen LogP contribution in [-0.2, 0) is 36.4 Å². The van der Waals surface area contributed by atoms with Gasteiger partial charge < -0.3 is 9.79 Å². The fraction of sp³-hybridized carbons (Fsp3) is 1.00. The summed E-state index contributed by atoms with van der Waals surface area (Å²) in [6, 6.07) is 0. The SMILES string of the molecule is CCCCCCCCCCCCCCCCCCOP(=O)(O)O.[Cd]. The van der Waals surface area contributed by atoms with Crippen molar-refractivity contribution in [3.05, 3.63) is 0 Å². The molecule has 0 saturated heterocycles. The van der Waals surface area contributed by atoms with Gasteiger partial charge in [-0.25, -0.2) is 4.57 Å². The first-order chi connectivity index (χ1) is 11.1. The van der Waals surface area contributed by atoms with E-state index in [-0.39, 0.29) is 33.9 Å². The molecule has 0 spiro atoms. The van der Waals surface area contributed by atoms with Crippen LogP contribution in [0, 0.1) is 0 Å². The third kappa shape index (κ3) is 25.3. The van der Waals surface area contributed by atoms with Crippen LogP contribution in [0.1, 0.15) is 110 Å². The molecule has 0 aliphatic carbocycles. The van der Waals surface area contributed by atoms with Gasteiger partial charge in [0.05, 0.1) is 6.61 Å². The molecular weight excluding hydrogens is 424 g/mol. The molecule has 0 rings (SSSR count). The van der Waals surface area contributed by atoms with E-state index in [9.17, 15) is 4.57 Å². The molecule has 4 nitrogen and oxygen atoms in total. The smallest absolute Gasteiger partial charge is 0.303 e. The van der Waals surface area contributed by atoms with Crippen molar-refractivity contribution < 1.29 is 46.2 Å². The van der Waals surface area contributed by atoms with Crippen LogP contribution in [0.4, 0.5) is 0 Å². The van der Waals surface area contributed by atoms with Crippen molar-refractivity contribution in [1.29, 1.82) is 0 Å². The molecule has 6 heteroatoms. The molecule has 0 aromatic carbocycles. The minimum Gasteiger partial charge on any atom is -0.303 e. The second-order valence-corrected chi connectivity index (χ2v) is 7.87. The minimum absolute atomic E-state index is 0. The Kier molecular flexibility index (Phi) is 23.1. The van der Waals surface area contributed by atoms with Crippen molar-refractivity contribution >= 4 is 7.82 Å². The number of hydrogen-bond acceptors (Lipinski definition) is 2. The first-order valence-electron chi connectivity index (χ1n) is 9.76. The summed E-state index contributed by atoms with van der Waals surface area (Å²) in [5, 5.41) is 0. The summed E-state index contributed by atoms with van der Waals surface area (Å²) in [4.78, 5) is 17.1. The molecule has 0 radical (unpaired) electrons. The van der Waals surface area contributed by atoms with Gasteiger partial charge in [-0.05, 0) is 6.42 Å². The summed E-state index contributed by atoms with van der Waals surface area (Å²) >= 11 is 0. The maximum atomic E-state index is 10.5. The fourth-order valence-corrected chi connectivity index (χ4v) is 3.20. The van der Waals surface area contributed by atoms with Gasteiger partial charge in [-0.3, -0.25) is 4.52 Å². The van der Waals surface area contributed by atoms with Crippen molar-refractivity contribution in [2.45, 2.75) is 110 Å². The summed E-state index contributed by atoms with van der Waals surface area (Å²) < 4.78 is 14.9. The summed E-state index contributed by atoms with van der Waals surface area (Å²) in [5.41, 5.74) is 0. The van der Waals surface area contributed by atoms with Crippen molar-refractivity contribution in [2.24, 2.45) is 0 Å². The predicted octanol–water partition coefficient (Wildman–Crippen LogP) is 6.35. The Morgan fingerprint density at radius 1 is 0.625 bits per heavy atom. The molecule has 142 valence electrons. The second-order valence-electron chi connectivity index (χ2n) is 6.63. The van der Waals surface area contributed by atoms with Crippen LogP contribution in [0.3, 0.4) is 0 Å². The Labute approximate surface area is 169 Å². The first kappa shape index (κ1) is 27.3. The largest absolute Gasteiger partial charge is 0.469 e. The minimum atomic E-state index is -4.26. The van der Waals surface area contributed by atoms with Gasteiger partial charge in [-0.2, -0.15) is 0 Å². The first-order valence-corrected chi connectivity index (χ1v) is 11.3. The Balaban J connectivity index is 0. The molecular formula is C18H39CdO4P. The van der Waals surface area contributed by atoms with Gasteiger partial charge in [0.15, 0.2) is 0 Å². The topological polar surface area (TPSA) is 66.8 Å². The second kappa shape index (κ2) is 20.3. The summed E-state index contributed by atoms with van der Waals surface area (Å²) in [6.07, 6.45) is 20.7. The molecule has 0 aliphatic heterocycles. The number of phosphoric acid groups is 1. The molecule has 24 heavy (non-hydrogen) atoms. The molecule has 0 unspecified atom stereocenters. The van der Waals surface area contributed by atoms with E-state index < -0.39 is 7.82 Å². The zero-order valence-electron chi connectivity index (χ0n) is 15.9. The summed E-state index contributed by atoms with van der Waals surface area (Å²) in [7, 11) is -4.26. The van der Waals surface area contributed by atoms with Gasteiger partial charge in [-0.1, -0.05) is 103 Å². The van der Waals surface area contributed by atoms with Gasteiger partial charge in [0, 0.05) is 27.3 Å². The van der Waals surface area contributed by atoms with Crippen LogP contribution in [0.15, 0.2) is 0 Å². The van der Waals surface area contributed by atoms with Crippen molar-refractivity contribution in [2.75, 3.05) is 6.61 Å². The van der Waals surface area contributed by atoms with Gasteiger partial charge in [0.25, 0.3) is 0 Å². The van der Waals surface area contributed by atoms with Crippen molar-refractivity contribution in [1.82, 2.24) is 0 Å². The average molecular weight is 463 g/mol. The maximum absolute atomic E-state index is 10.5. The zero-order chi connectivity index (χ0) is 17.2. The van der Waals surface area contributed by atoms with Crippen LogP contribution < -0.4 is 0 Å². The number of hydrogen-bond donors (Lipinski definition) is 2. The molecule has 0 aromatic heterocycles. The summed E-state index contributed by atoms with van der Waals surface area (Å²) in [5.74, 6) is 0. The van der Waals surface area contributed by atoms with Crippen LogP contribution in [-0.4, -0.2) is 16.4 Å². The van der Waals surface area contributed by atoms with Gasteiger partial charge >= 0.3 is 7.82 Å². The van der Waals surface area contributed by atoms with Crippen LogP contribution in [0.2, 0.25) is 0 Å². The Morgan fingerprint density at radius 2 is 0.917 bits per heavy atom. The van der Waals surface area contributed by atoms with Crippen molar-refractivity contribution in [3.8, 4) is 0 Å².